The molecule has 0 aromatic heterocycles. The minimum atomic E-state index is -1.03. The molecule has 6 rings (SSSR count). The molecular weight excluding hydrogens is 444 g/mol. The number of nitrogens with zero attached hydrogens (tertiary/aromatic N) is 1. The Labute approximate surface area is 205 Å². The number of hydrogen-bond acceptors (Lipinski definition) is 4. The Morgan fingerprint density at radius 3 is 2.26 bits per heavy atom. The van der Waals surface area contributed by atoms with Gasteiger partial charge in [0.05, 0.1) is 0 Å². The third kappa shape index (κ3) is 3.97. The summed E-state index contributed by atoms with van der Waals surface area (Å²) in [6, 6.07) is 16.2. The third-order valence-corrected chi connectivity index (χ3v) is 8.06. The van der Waals surface area contributed by atoms with Gasteiger partial charge >= 0.3 is 12.1 Å². The van der Waals surface area contributed by atoms with Crippen LogP contribution in [0.3, 0.4) is 0 Å². The SMILES string of the molecule is CCC(CCC(=O)N1CC2(C)CC1(C(=O)O)C2)NC(=O)OCC1c2ccccc2-c2ccccc21. The first kappa shape index (κ1) is 23.4. The molecule has 0 spiro atoms. The first-order chi connectivity index (χ1) is 16.8. The highest BCUT2D eigenvalue weighted by Gasteiger charge is 2.68. The number of alkyl carbamates (subject to hydrolysis) is 1. The first-order valence-corrected chi connectivity index (χ1v) is 12.4. The van der Waals surface area contributed by atoms with Crippen molar-refractivity contribution in [3.8, 4) is 11.1 Å². The summed E-state index contributed by atoms with van der Waals surface area (Å²) < 4.78 is 5.64. The number of carboxylic acid groups (broad SMARTS) is 1. The molecule has 3 fully saturated rings. The van der Waals surface area contributed by atoms with Gasteiger partial charge in [-0.15, -0.1) is 0 Å². The fourth-order valence-corrected chi connectivity index (χ4v) is 6.41. The largest absolute Gasteiger partial charge is 0.479 e. The quantitative estimate of drug-likeness (QED) is 0.583. The van der Waals surface area contributed by atoms with Gasteiger partial charge in [0.25, 0.3) is 0 Å². The van der Waals surface area contributed by atoms with Crippen molar-refractivity contribution in [3.05, 3.63) is 59.7 Å². The summed E-state index contributed by atoms with van der Waals surface area (Å²) in [5.41, 5.74) is 3.55. The highest BCUT2D eigenvalue weighted by molar-refractivity contribution is 5.90. The van der Waals surface area contributed by atoms with E-state index in [4.69, 9.17) is 4.74 Å². The van der Waals surface area contributed by atoms with E-state index >= 15 is 0 Å². The zero-order valence-corrected chi connectivity index (χ0v) is 20.3. The molecule has 35 heavy (non-hydrogen) atoms. The molecule has 2 aromatic carbocycles. The maximum atomic E-state index is 12.9. The van der Waals surface area contributed by atoms with Gasteiger partial charge in [0.15, 0.2) is 0 Å². The van der Waals surface area contributed by atoms with E-state index in [1.165, 1.54) is 11.1 Å². The summed E-state index contributed by atoms with van der Waals surface area (Å²) in [5, 5.41) is 12.6. The number of carbonyl (C=O) groups excluding carboxylic acids is 2. The summed E-state index contributed by atoms with van der Waals surface area (Å²) in [4.78, 5) is 38.9. The van der Waals surface area contributed by atoms with Crippen LogP contribution < -0.4 is 5.32 Å². The van der Waals surface area contributed by atoms with E-state index in [9.17, 15) is 19.5 Å². The van der Waals surface area contributed by atoms with Gasteiger partial charge in [0.2, 0.25) is 5.91 Å². The van der Waals surface area contributed by atoms with Crippen LogP contribution in [0.15, 0.2) is 48.5 Å². The zero-order chi connectivity index (χ0) is 24.8. The molecule has 1 atom stereocenters. The minimum absolute atomic E-state index is 0.00923. The van der Waals surface area contributed by atoms with Crippen LogP contribution in [0.5, 0.6) is 0 Å². The van der Waals surface area contributed by atoms with Crippen LogP contribution in [-0.2, 0) is 14.3 Å². The predicted octanol–water partition coefficient (Wildman–Crippen LogP) is 4.55. The van der Waals surface area contributed by atoms with E-state index < -0.39 is 17.6 Å². The average molecular weight is 477 g/mol. The number of carboxylic acids is 1. The molecule has 2 N–H and O–H groups in total. The molecule has 2 bridgehead atoms. The van der Waals surface area contributed by atoms with Gasteiger partial charge in [-0.05, 0) is 53.4 Å². The molecule has 7 nitrogen and oxygen atoms in total. The van der Waals surface area contributed by atoms with E-state index in [0.29, 0.717) is 32.2 Å². The van der Waals surface area contributed by atoms with Crippen molar-refractivity contribution in [2.24, 2.45) is 5.41 Å². The number of hydrogen-bond donors (Lipinski definition) is 2. The van der Waals surface area contributed by atoms with E-state index in [1.54, 1.807) is 4.90 Å². The number of benzene rings is 2. The lowest BCUT2D eigenvalue weighted by molar-refractivity contribution is -0.160. The number of amides is 2. The van der Waals surface area contributed by atoms with Crippen LogP contribution in [0.2, 0.25) is 0 Å². The molecule has 2 aliphatic heterocycles. The summed E-state index contributed by atoms with van der Waals surface area (Å²) in [6.07, 6.45) is 1.85. The molecule has 1 saturated carbocycles. The lowest BCUT2D eigenvalue weighted by atomic mass is 9.63. The molecule has 4 aliphatic rings. The molecule has 2 aromatic rings. The number of rotatable bonds is 8. The molecule has 2 saturated heterocycles. The highest BCUT2D eigenvalue weighted by atomic mass is 16.5. The lowest BCUT2D eigenvalue weighted by Gasteiger charge is -2.42. The Bertz CT molecular complexity index is 1120. The van der Waals surface area contributed by atoms with Gasteiger partial charge < -0.3 is 20.1 Å². The van der Waals surface area contributed by atoms with Crippen molar-refractivity contribution in [1.82, 2.24) is 10.2 Å². The highest BCUT2D eigenvalue weighted by Crippen LogP contribution is 2.59. The molecule has 1 unspecified atom stereocenters. The summed E-state index contributed by atoms with van der Waals surface area (Å²) in [6.45, 7) is 4.72. The number of fused-ring (bicyclic) bond motifs is 4. The van der Waals surface area contributed by atoms with Crippen LogP contribution in [0, 0.1) is 5.41 Å². The fraction of sp³-hybridized carbons (Fsp3) is 0.464. The molecule has 2 amide bonds. The summed E-state index contributed by atoms with van der Waals surface area (Å²) in [7, 11) is 0. The Balaban J connectivity index is 1.15. The second-order valence-electron chi connectivity index (χ2n) is 10.6. The van der Waals surface area contributed by atoms with Crippen molar-refractivity contribution in [2.45, 2.75) is 63.5 Å². The predicted molar refractivity (Wildman–Crippen MR) is 131 cm³/mol. The van der Waals surface area contributed by atoms with Crippen LogP contribution in [0.4, 0.5) is 4.79 Å². The van der Waals surface area contributed by atoms with Gasteiger partial charge in [0.1, 0.15) is 12.1 Å². The number of aliphatic carboxylic acids is 1. The summed E-state index contributed by atoms with van der Waals surface area (Å²) >= 11 is 0. The minimum Gasteiger partial charge on any atom is -0.479 e. The maximum absolute atomic E-state index is 12.9. The smallest absolute Gasteiger partial charge is 0.407 e. The van der Waals surface area contributed by atoms with Crippen LogP contribution in [-0.4, -0.2) is 52.7 Å². The second-order valence-corrected chi connectivity index (χ2v) is 10.6. The molecule has 2 aliphatic carbocycles. The number of nitrogens with one attached hydrogen (secondary N) is 1. The Kier molecular flexibility index (Phi) is 5.82. The van der Waals surface area contributed by atoms with Gasteiger partial charge in [-0.1, -0.05) is 62.4 Å². The van der Waals surface area contributed by atoms with Crippen molar-refractivity contribution in [1.29, 1.82) is 0 Å². The Hall–Kier alpha value is -3.35. The van der Waals surface area contributed by atoms with Crippen molar-refractivity contribution in [3.63, 3.8) is 0 Å². The summed E-state index contributed by atoms with van der Waals surface area (Å²) in [5.74, 6) is -1.07. The van der Waals surface area contributed by atoms with Crippen LogP contribution in [0.1, 0.15) is 63.0 Å². The Morgan fingerprint density at radius 2 is 1.69 bits per heavy atom. The van der Waals surface area contributed by atoms with Gasteiger partial charge in [-0.2, -0.15) is 0 Å². The first-order valence-electron chi connectivity index (χ1n) is 12.4. The third-order valence-electron chi connectivity index (χ3n) is 8.06. The zero-order valence-electron chi connectivity index (χ0n) is 20.3. The normalized spacial score (nSPS) is 24.8. The van der Waals surface area contributed by atoms with E-state index in [-0.39, 0.29) is 36.3 Å². The standard InChI is InChI=1S/C28H32N2O5/c1-3-18(12-13-24(31)30-17-27(2)15-28(30,16-27)25(32)33)29-26(34)35-14-23-21-10-6-4-8-19(21)20-9-5-7-11-22(20)23/h4-11,18,23H,3,12-17H2,1-2H3,(H,29,34)(H,32,33). The van der Waals surface area contributed by atoms with Crippen molar-refractivity contribution >= 4 is 18.0 Å². The van der Waals surface area contributed by atoms with Gasteiger partial charge in [-0.3, -0.25) is 4.79 Å². The molecule has 7 heteroatoms. The van der Waals surface area contributed by atoms with Crippen LogP contribution >= 0.6 is 0 Å². The molecular formula is C28H32N2O5. The van der Waals surface area contributed by atoms with E-state index in [1.807, 2.05) is 38.1 Å². The fourth-order valence-electron chi connectivity index (χ4n) is 6.41. The van der Waals surface area contributed by atoms with Gasteiger partial charge in [0, 0.05) is 24.9 Å². The number of ether oxygens (including phenoxy) is 1. The van der Waals surface area contributed by atoms with Crippen molar-refractivity contribution < 1.29 is 24.2 Å². The van der Waals surface area contributed by atoms with Gasteiger partial charge in [-0.25, -0.2) is 9.59 Å². The van der Waals surface area contributed by atoms with E-state index in [2.05, 4.69) is 29.6 Å². The Morgan fingerprint density at radius 1 is 1.09 bits per heavy atom. The van der Waals surface area contributed by atoms with Crippen molar-refractivity contribution in [2.75, 3.05) is 13.2 Å². The monoisotopic (exact) mass is 476 g/mol. The lowest BCUT2D eigenvalue weighted by Crippen LogP contribution is -2.56. The molecule has 2 heterocycles. The molecule has 0 radical (unpaired) electrons. The number of carbonyl (C=O) groups is 3. The average Bonchev–Trinajstić information content (AvgIpc) is 3.44. The topological polar surface area (TPSA) is 95.9 Å². The van der Waals surface area contributed by atoms with E-state index in [0.717, 1.165) is 11.1 Å². The second kappa shape index (κ2) is 8.70. The van der Waals surface area contributed by atoms with Crippen LogP contribution in [0.25, 0.3) is 11.1 Å². The molecule has 184 valence electrons. The maximum Gasteiger partial charge on any atom is 0.407 e.